The number of ether oxygens (including phenoxy) is 1. The van der Waals surface area contributed by atoms with Gasteiger partial charge in [-0.15, -0.1) is 17.0 Å². The lowest BCUT2D eigenvalue weighted by atomic mass is 9.84. The fraction of sp³-hybridized carbons (Fsp3) is 0.444. The molecule has 0 unspecified atom stereocenters. The summed E-state index contributed by atoms with van der Waals surface area (Å²) < 4.78 is 6.02. The minimum atomic E-state index is -0.200. The van der Waals surface area contributed by atoms with Crippen LogP contribution < -0.4 is 19.9 Å². The fourth-order valence-electron chi connectivity index (χ4n) is 4.70. The first-order valence-corrected chi connectivity index (χ1v) is 11.9. The van der Waals surface area contributed by atoms with Gasteiger partial charge in [0.25, 0.3) is 5.91 Å². The highest BCUT2D eigenvalue weighted by atomic mass is 79.9. The van der Waals surface area contributed by atoms with E-state index in [1.165, 1.54) is 0 Å². The third-order valence-corrected chi connectivity index (χ3v) is 6.73. The maximum absolute atomic E-state index is 13.5. The van der Waals surface area contributed by atoms with E-state index >= 15 is 0 Å². The lowest BCUT2D eigenvalue weighted by Gasteiger charge is -2.33. The van der Waals surface area contributed by atoms with Crippen molar-refractivity contribution in [3.8, 4) is 5.75 Å². The van der Waals surface area contributed by atoms with Crippen LogP contribution in [-0.4, -0.2) is 70.3 Å². The zero-order valence-corrected chi connectivity index (χ0v) is 23.8. The molecule has 8 nitrogen and oxygen atoms in total. The number of carbonyl (C=O) groups is 2. The average molecular weight is 559 g/mol. The average Bonchev–Trinajstić information content (AvgIpc) is 3.10. The van der Waals surface area contributed by atoms with Gasteiger partial charge in [-0.1, -0.05) is 20.8 Å². The third-order valence-electron chi connectivity index (χ3n) is 6.73. The molecule has 0 aliphatic carbocycles. The van der Waals surface area contributed by atoms with Crippen molar-refractivity contribution >= 4 is 45.9 Å². The van der Waals surface area contributed by atoms with Crippen LogP contribution in [0.25, 0.3) is 0 Å². The van der Waals surface area contributed by atoms with E-state index in [1.54, 1.807) is 18.0 Å². The van der Waals surface area contributed by atoms with Crippen LogP contribution in [0.1, 0.15) is 58.2 Å². The number of likely N-dealkylation sites (N-methyl/N-ethyl adjacent to an activating group) is 1. The van der Waals surface area contributed by atoms with Crippen LogP contribution in [0.4, 0.5) is 11.4 Å². The summed E-state index contributed by atoms with van der Waals surface area (Å²) in [6, 6.07) is 7.56. The van der Waals surface area contributed by atoms with Crippen molar-refractivity contribution < 1.29 is 14.3 Å². The van der Waals surface area contributed by atoms with Gasteiger partial charge in [0, 0.05) is 57.1 Å². The molecule has 2 heterocycles. The van der Waals surface area contributed by atoms with Gasteiger partial charge in [-0.25, -0.2) is 0 Å². The van der Waals surface area contributed by atoms with Gasteiger partial charge < -0.3 is 24.8 Å². The van der Waals surface area contributed by atoms with Crippen molar-refractivity contribution in [3.63, 3.8) is 0 Å². The maximum atomic E-state index is 13.5. The molecule has 2 aromatic rings. The molecular weight excluding hydrogens is 522 g/mol. The van der Waals surface area contributed by atoms with E-state index in [9.17, 15) is 9.59 Å². The summed E-state index contributed by atoms with van der Waals surface area (Å²) >= 11 is 0. The summed E-state index contributed by atoms with van der Waals surface area (Å²) in [5.41, 5.74) is 5.30. The third kappa shape index (κ3) is 4.93. The number of amidine groups is 1. The molecule has 0 spiro atoms. The van der Waals surface area contributed by atoms with Crippen LogP contribution in [-0.2, 0) is 12.0 Å². The number of anilines is 2. The second kappa shape index (κ2) is 10.1. The number of nitrogens with one attached hydrogen (secondary N) is 2. The predicted molar refractivity (Wildman–Crippen MR) is 150 cm³/mol. The number of Topliss-reactive ketones (excluding diaryl/α,β-unsaturated/α-hetero) is 1. The minimum absolute atomic E-state index is 0. The van der Waals surface area contributed by atoms with Crippen LogP contribution in [0, 0.1) is 5.41 Å². The zero-order valence-electron chi connectivity index (χ0n) is 22.1. The summed E-state index contributed by atoms with van der Waals surface area (Å²) in [7, 11) is 7.39. The first-order valence-electron chi connectivity index (χ1n) is 11.9. The molecule has 1 amide bonds. The molecule has 0 saturated heterocycles. The highest BCUT2D eigenvalue weighted by Gasteiger charge is 2.31. The topological polar surface area (TPSA) is 89.0 Å². The second-order valence-electron chi connectivity index (χ2n) is 10.5. The van der Waals surface area contributed by atoms with Crippen LogP contribution in [0.3, 0.4) is 0 Å². The number of benzene rings is 2. The molecule has 0 saturated carbocycles. The number of halogens is 1. The predicted octanol–water partition coefficient (Wildman–Crippen LogP) is 3.84. The Morgan fingerprint density at radius 3 is 2.47 bits per heavy atom. The van der Waals surface area contributed by atoms with Crippen molar-refractivity contribution in [3.05, 3.63) is 52.1 Å². The molecular formula is C27H36BrN5O3. The number of carbonyl (C=O) groups excluding carboxylic acids is 2. The number of amides is 1. The lowest BCUT2D eigenvalue weighted by Crippen LogP contribution is -2.32. The standard InChI is InChI=1S/C27H35N5O3.BrH/c1-27(2,3)20-10-16(11-22-24(20)35-9-8-31(22)7)23(33)15-32-14-17-12-21(30(5)6)19(26(34)29-4)13-18(17)25(32)28;/h10-13,28H,8-9,14-15H2,1-7H3,(H,29,34);1H. The molecule has 2 aromatic carbocycles. The van der Waals surface area contributed by atoms with Gasteiger partial charge in [-0.05, 0) is 35.2 Å². The van der Waals surface area contributed by atoms with E-state index in [4.69, 9.17) is 10.1 Å². The highest BCUT2D eigenvalue weighted by molar-refractivity contribution is 8.93. The molecule has 0 fully saturated rings. The van der Waals surface area contributed by atoms with Gasteiger partial charge in [0.1, 0.15) is 18.2 Å². The summed E-state index contributed by atoms with van der Waals surface area (Å²) in [4.78, 5) is 31.7. The molecule has 194 valence electrons. The molecule has 36 heavy (non-hydrogen) atoms. The van der Waals surface area contributed by atoms with Crippen molar-refractivity contribution in [2.24, 2.45) is 0 Å². The Morgan fingerprint density at radius 1 is 1.17 bits per heavy atom. The quantitative estimate of drug-likeness (QED) is 0.543. The Kier molecular flexibility index (Phi) is 7.74. The van der Waals surface area contributed by atoms with E-state index in [0.29, 0.717) is 29.8 Å². The number of fused-ring (bicyclic) bond motifs is 2. The van der Waals surface area contributed by atoms with Gasteiger partial charge in [-0.2, -0.15) is 0 Å². The van der Waals surface area contributed by atoms with Gasteiger partial charge in [-0.3, -0.25) is 15.0 Å². The van der Waals surface area contributed by atoms with E-state index in [1.807, 2.05) is 44.2 Å². The molecule has 9 heteroatoms. The van der Waals surface area contributed by atoms with Gasteiger partial charge >= 0.3 is 0 Å². The van der Waals surface area contributed by atoms with Crippen LogP contribution in [0.5, 0.6) is 5.75 Å². The number of ketones is 1. The zero-order chi connectivity index (χ0) is 25.7. The molecule has 2 N–H and O–H groups in total. The SMILES string of the molecule is Br.CNC(=O)c1cc2c(cc1N(C)C)CN(CC(=O)c1cc3c(c(C(C)(C)C)c1)OCCN3C)C2=N. The fourth-order valence-corrected chi connectivity index (χ4v) is 4.70. The van der Waals surface area contributed by atoms with E-state index < -0.39 is 0 Å². The monoisotopic (exact) mass is 557 g/mol. The summed E-state index contributed by atoms with van der Waals surface area (Å²) in [5, 5.41) is 11.4. The minimum Gasteiger partial charge on any atom is -0.489 e. The molecule has 4 rings (SSSR count). The molecule has 0 atom stereocenters. The van der Waals surface area contributed by atoms with Gasteiger partial charge in [0.05, 0.1) is 24.3 Å². The Morgan fingerprint density at radius 2 is 1.86 bits per heavy atom. The Bertz CT molecular complexity index is 1220. The largest absolute Gasteiger partial charge is 0.489 e. The first kappa shape index (κ1) is 27.5. The van der Waals surface area contributed by atoms with Gasteiger partial charge in [0.15, 0.2) is 5.78 Å². The number of rotatable bonds is 5. The molecule has 0 bridgehead atoms. The Balaban J connectivity index is 0.00000361. The van der Waals surface area contributed by atoms with Crippen molar-refractivity contribution in [1.29, 1.82) is 5.41 Å². The first-order chi connectivity index (χ1) is 16.4. The Hall–Kier alpha value is -3.07. The highest BCUT2D eigenvalue weighted by Crippen LogP contribution is 2.41. The summed E-state index contributed by atoms with van der Waals surface area (Å²) in [6.07, 6.45) is 0. The van der Waals surface area contributed by atoms with E-state index in [0.717, 1.165) is 34.8 Å². The van der Waals surface area contributed by atoms with Crippen molar-refractivity contribution in [1.82, 2.24) is 10.2 Å². The molecule has 2 aliphatic rings. The van der Waals surface area contributed by atoms with Crippen LogP contribution in [0.15, 0.2) is 24.3 Å². The maximum Gasteiger partial charge on any atom is 0.253 e. The number of hydrogen-bond donors (Lipinski definition) is 2. The summed E-state index contributed by atoms with van der Waals surface area (Å²) in [6.45, 7) is 8.29. The van der Waals surface area contributed by atoms with Crippen LogP contribution in [0.2, 0.25) is 0 Å². The number of hydrogen-bond acceptors (Lipinski definition) is 6. The van der Waals surface area contributed by atoms with E-state index in [-0.39, 0.29) is 46.5 Å². The van der Waals surface area contributed by atoms with E-state index in [2.05, 4.69) is 31.0 Å². The lowest BCUT2D eigenvalue weighted by molar-refractivity contribution is 0.0955. The van der Waals surface area contributed by atoms with Crippen molar-refractivity contribution in [2.75, 3.05) is 57.7 Å². The smallest absolute Gasteiger partial charge is 0.253 e. The Labute approximate surface area is 223 Å². The normalized spacial score (nSPS) is 14.5. The second-order valence-corrected chi connectivity index (χ2v) is 10.5. The number of nitrogens with zero attached hydrogens (tertiary/aromatic N) is 3. The van der Waals surface area contributed by atoms with Crippen molar-refractivity contribution in [2.45, 2.75) is 32.7 Å². The molecule has 0 radical (unpaired) electrons. The summed E-state index contributed by atoms with van der Waals surface area (Å²) in [5.74, 6) is 0.864. The van der Waals surface area contributed by atoms with Gasteiger partial charge in [0.2, 0.25) is 0 Å². The molecule has 0 aromatic heterocycles. The molecule has 2 aliphatic heterocycles. The van der Waals surface area contributed by atoms with Crippen LogP contribution >= 0.6 is 17.0 Å².